The van der Waals surface area contributed by atoms with Gasteiger partial charge in [-0.1, -0.05) is 24.3 Å². The first-order chi connectivity index (χ1) is 13.1. The minimum atomic E-state index is -0.443. The second-order valence-electron chi connectivity index (χ2n) is 5.86. The number of hydrogen-bond donors (Lipinski definition) is 2. The highest BCUT2D eigenvalue weighted by Gasteiger charge is 2.09. The van der Waals surface area contributed by atoms with Crippen LogP contribution in [0.4, 0.5) is 4.39 Å². The fourth-order valence-corrected chi connectivity index (χ4v) is 2.60. The summed E-state index contributed by atoms with van der Waals surface area (Å²) in [5, 5.41) is 5.57. The van der Waals surface area contributed by atoms with Crippen LogP contribution in [0.5, 0.6) is 5.75 Å². The number of nitrogens with one attached hydrogen (secondary N) is 2. The minimum Gasteiger partial charge on any atom is -0.490 e. The highest BCUT2D eigenvalue weighted by molar-refractivity contribution is 5.81. The van der Waals surface area contributed by atoms with Gasteiger partial charge in [0.15, 0.2) is 11.6 Å². The van der Waals surface area contributed by atoms with E-state index >= 15 is 0 Å². The Hall–Kier alpha value is -3.42. The van der Waals surface area contributed by atoms with E-state index in [1.807, 2.05) is 0 Å². The zero-order valence-electron chi connectivity index (χ0n) is 14.4. The van der Waals surface area contributed by atoms with Gasteiger partial charge in [0.1, 0.15) is 6.54 Å². The third kappa shape index (κ3) is 4.41. The van der Waals surface area contributed by atoms with Gasteiger partial charge in [0, 0.05) is 6.54 Å². The highest BCUT2D eigenvalue weighted by Crippen LogP contribution is 2.15. The molecule has 0 aliphatic carbocycles. The number of carbonyl (C=O) groups is 1. The van der Waals surface area contributed by atoms with Crippen molar-refractivity contribution in [1.82, 2.24) is 15.1 Å². The standard InChI is InChI=1S/C19H18FN3O4/c20-15-8-3-4-9-16(15)27-11-5-10-21-17(24)12-23-19(26)14-7-2-1-6-13(14)18(25)22-23/h1-4,6-9H,5,10-12H2,(H,21,24)(H,22,25). The monoisotopic (exact) mass is 371 g/mol. The maximum Gasteiger partial charge on any atom is 0.273 e. The lowest BCUT2D eigenvalue weighted by Gasteiger charge is -2.09. The molecule has 3 rings (SSSR count). The summed E-state index contributed by atoms with van der Waals surface area (Å²) >= 11 is 0. The average molecular weight is 371 g/mol. The smallest absolute Gasteiger partial charge is 0.273 e. The fourth-order valence-electron chi connectivity index (χ4n) is 2.60. The second-order valence-corrected chi connectivity index (χ2v) is 5.86. The van der Waals surface area contributed by atoms with Crippen molar-refractivity contribution in [2.45, 2.75) is 13.0 Å². The van der Waals surface area contributed by atoms with Crippen molar-refractivity contribution in [3.8, 4) is 5.75 Å². The van der Waals surface area contributed by atoms with E-state index in [-0.39, 0.29) is 29.7 Å². The van der Waals surface area contributed by atoms with Crippen molar-refractivity contribution >= 4 is 16.7 Å². The lowest BCUT2D eigenvalue weighted by Crippen LogP contribution is -2.37. The Labute approximate surface area is 153 Å². The average Bonchev–Trinajstić information content (AvgIpc) is 2.67. The van der Waals surface area contributed by atoms with Gasteiger partial charge in [-0.3, -0.25) is 19.5 Å². The summed E-state index contributed by atoms with van der Waals surface area (Å²) in [5.74, 6) is -0.709. The zero-order chi connectivity index (χ0) is 19.2. The van der Waals surface area contributed by atoms with E-state index in [1.54, 1.807) is 36.4 Å². The second kappa shape index (κ2) is 8.31. The zero-order valence-corrected chi connectivity index (χ0v) is 14.4. The number of hydrogen-bond acceptors (Lipinski definition) is 4. The molecule has 0 unspecified atom stereocenters. The summed E-state index contributed by atoms with van der Waals surface area (Å²) in [7, 11) is 0. The quantitative estimate of drug-likeness (QED) is 0.614. The van der Waals surface area contributed by atoms with Crippen molar-refractivity contribution < 1.29 is 13.9 Å². The largest absolute Gasteiger partial charge is 0.490 e. The van der Waals surface area contributed by atoms with Gasteiger partial charge in [-0.2, -0.15) is 0 Å². The molecule has 1 heterocycles. The molecule has 0 bridgehead atoms. The van der Waals surface area contributed by atoms with Crippen LogP contribution in [-0.2, 0) is 11.3 Å². The van der Waals surface area contributed by atoms with Gasteiger partial charge in [0.2, 0.25) is 5.91 Å². The lowest BCUT2D eigenvalue weighted by molar-refractivity contribution is -0.121. The molecular formula is C19H18FN3O4. The van der Waals surface area contributed by atoms with Crippen molar-refractivity contribution in [3.63, 3.8) is 0 Å². The predicted molar refractivity (Wildman–Crippen MR) is 98.4 cm³/mol. The Kier molecular flexibility index (Phi) is 5.65. The number of rotatable bonds is 7. The molecule has 7 nitrogen and oxygen atoms in total. The topological polar surface area (TPSA) is 93.2 Å². The number of nitrogens with zero attached hydrogens (tertiary/aromatic N) is 1. The third-order valence-corrected chi connectivity index (χ3v) is 3.92. The molecule has 0 spiro atoms. The van der Waals surface area contributed by atoms with Crippen molar-refractivity contribution in [2.24, 2.45) is 0 Å². The van der Waals surface area contributed by atoms with Crippen LogP contribution in [0.1, 0.15) is 6.42 Å². The molecule has 0 saturated carbocycles. The Morgan fingerprint density at radius 3 is 2.56 bits per heavy atom. The first-order valence-electron chi connectivity index (χ1n) is 8.42. The number of para-hydroxylation sites is 1. The van der Waals surface area contributed by atoms with E-state index in [0.29, 0.717) is 13.0 Å². The maximum atomic E-state index is 13.4. The summed E-state index contributed by atoms with van der Waals surface area (Å²) < 4.78 is 19.7. The summed E-state index contributed by atoms with van der Waals surface area (Å²) in [6, 6.07) is 12.5. The number of H-pyrrole nitrogens is 1. The number of aromatic amines is 1. The van der Waals surface area contributed by atoms with Crippen LogP contribution in [0.15, 0.2) is 58.1 Å². The molecule has 2 N–H and O–H groups in total. The van der Waals surface area contributed by atoms with Crippen molar-refractivity contribution in [2.75, 3.05) is 13.2 Å². The molecule has 0 atom stereocenters. The Morgan fingerprint density at radius 2 is 1.78 bits per heavy atom. The minimum absolute atomic E-state index is 0.157. The first-order valence-corrected chi connectivity index (χ1v) is 8.42. The molecule has 0 aliphatic rings. The molecule has 140 valence electrons. The SMILES string of the molecule is O=C(Cn1[nH]c(=O)c2ccccc2c1=O)NCCCOc1ccccc1F. The normalized spacial score (nSPS) is 10.7. The summed E-state index contributed by atoms with van der Waals surface area (Å²) in [4.78, 5) is 36.3. The number of aromatic nitrogens is 2. The predicted octanol–water partition coefficient (Wildman–Crippen LogP) is 1.41. The number of benzene rings is 2. The molecule has 0 fully saturated rings. The van der Waals surface area contributed by atoms with Gasteiger partial charge >= 0.3 is 0 Å². The molecule has 1 amide bonds. The van der Waals surface area contributed by atoms with Crippen molar-refractivity contribution in [3.05, 3.63) is 75.1 Å². The van der Waals surface area contributed by atoms with Crippen LogP contribution < -0.4 is 21.2 Å². The van der Waals surface area contributed by atoms with Crippen LogP contribution in [0.2, 0.25) is 0 Å². The van der Waals surface area contributed by atoms with Gasteiger partial charge in [-0.05, 0) is 30.7 Å². The number of halogens is 1. The molecule has 1 aromatic heterocycles. The molecule has 0 aliphatic heterocycles. The number of amides is 1. The summed E-state index contributed by atoms with van der Waals surface area (Å²) in [6.45, 7) is 0.223. The van der Waals surface area contributed by atoms with Crippen LogP contribution in [0, 0.1) is 5.82 Å². The molecule has 27 heavy (non-hydrogen) atoms. The van der Waals surface area contributed by atoms with Crippen molar-refractivity contribution in [1.29, 1.82) is 0 Å². The van der Waals surface area contributed by atoms with Gasteiger partial charge < -0.3 is 10.1 Å². The number of carbonyl (C=O) groups excluding carboxylic acids is 1. The Bertz CT molecular complexity index is 1070. The first kappa shape index (κ1) is 18.4. The van der Waals surface area contributed by atoms with E-state index in [9.17, 15) is 18.8 Å². The third-order valence-electron chi connectivity index (χ3n) is 3.92. The van der Waals surface area contributed by atoms with Gasteiger partial charge in [-0.25, -0.2) is 9.07 Å². The molecule has 3 aromatic rings. The highest BCUT2D eigenvalue weighted by atomic mass is 19.1. The summed E-state index contributed by atoms with van der Waals surface area (Å²) in [6.07, 6.45) is 0.462. The summed E-state index contributed by atoms with van der Waals surface area (Å²) in [5.41, 5.74) is -0.875. The Morgan fingerprint density at radius 1 is 1.07 bits per heavy atom. The molecule has 8 heteroatoms. The van der Waals surface area contributed by atoms with Gasteiger partial charge in [-0.15, -0.1) is 0 Å². The molecule has 0 saturated heterocycles. The van der Waals surface area contributed by atoms with E-state index in [0.717, 1.165) is 4.68 Å². The van der Waals surface area contributed by atoms with E-state index in [1.165, 1.54) is 12.1 Å². The van der Waals surface area contributed by atoms with Crippen LogP contribution >= 0.6 is 0 Å². The van der Waals surface area contributed by atoms with Gasteiger partial charge in [0.25, 0.3) is 11.1 Å². The fraction of sp³-hybridized carbons (Fsp3) is 0.211. The van der Waals surface area contributed by atoms with E-state index in [4.69, 9.17) is 4.74 Å². The molecular weight excluding hydrogens is 353 g/mol. The molecule has 2 aromatic carbocycles. The van der Waals surface area contributed by atoms with Gasteiger partial charge in [0.05, 0.1) is 17.4 Å². The number of ether oxygens (including phenoxy) is 1. The molecule has 0 radical (unpaired) electrons. The van der Waals surface area contributed by atoms with Crippen LogP contribution in [-0.4, -0.2) is 28.8 Å². The van der Waals surface area contributed by atoms with Crippen LogP contribution in [0.3, 0.4) is 0 Å². The van der Waals surface area contributed by atoms with Crippen LogP contribution in [0.25, 0.3) is 10.8 Å². The van der Waals surface area contributed by atoms with E-state index in [2.05, 4.69) is 10.4 Å². The van der Waals surface area contributed by atoms with E-state index < -0.39 is 22.8 Å². The maximum absolute atomic E-state index is 13.4. The lowest BCUT2D eigenvalue weighted by atomic mass is 10.2. The number of fused-ring (bicyclic) bond motifs is 1. The Balaban J connectivity index is 1.52.